The van der Waals surface area contributed by atoms with Gasteiger partial charge >= 0.3 is 0 Å². The summed E-state index contributed by atoms with van der Waals surface area (Å²) in [6, 6.07) is 0. The molecule has 0 bridgehead atoms. The van der Waals surface area contributed by atoms with E-state index in [2.05, 4.69) is 35.2 Å². The highest BCUT2D eigenvalue weighted by atomic mass is 15.3. The van der Waals surface area contributed by atoms with Crippen LogP contribution in [0.4, 0.5) is 0 Å². The molecule has 0 aliphatic carbocycles. The van der Waals surface area contributed by atoms with Crippen LogP contribution in [-0.2, 0) is 0 Å². The van der Waals surface area contributed by atoms with Gasteiger partial charge in [0.15, 0.2) is 0 Å². The average molecular weight is 134 g/mol. The molecule has 0 aromatic heterocycles. The van der Waals surface area contributed by atoms with E-state index < -0.39 is 0 Å². The average Bonchev–Trinajstić information content (AvgIpc) is 2.36. The van der Waals surface area contributed by atoms with E-state index in [0.717, 1.165) is 6.54 Å². The van der Waals surface area contributed by atoms with Crippen molar-refractivity contribution < 1.29 is 0 Å². The maximum Gasteiger partial charge on any atom is 0.142 e. The van der Waals surface area contributed by atoms with E-state index in [9.17, 15) is 0 Å². The maximum atomic E-state index is 4.32. The van der Waals surface area contributed by atoms with Gasteiger partial charge in [0.25, 0.3) is 0 Å². The summed E-state index contributed by atoms with van der Waals surface area (Å²) in [5.41, 5.74) is 1.33. The number of nitrogens with zero attached hydrogens (tertiary/aromatic N) is 2. The van der Waals surface area contributed by atoms with Crippen molar-refractivity contribution in [2.75, 3.05) is 6.54 Å². The Bertz CT molecular complexity index is 225. The Morgan fingerprint density at radius 3 is 3.40 bits per heavy atom. The molecule has 0 radical (unpaired) electrons. The quantitative estimate of drug-likeness (QED) is 0.485. The molecule has 0 aromatic rings. The Morgan fingerprint density at radius 1 is 1.70 bits per heavy atom. The third-order valence-corrected chi connectivity index (χ3v) is 1.90. The molecule has 2 aliphatic heterocycles. The monoisotopic (exact) mass is 134 g/mol. The SMILES string of the molecule is CC1=CC=CN2CC=NC12. The van der Waals surface area contributed by atoms with Gasteiger partial charge in [-0.05, 0) is 18.6 Å². The highest BCUT2D eigenvalue weighted by molar-refractivity contribution is 5.63. The molecular formula is C8H10N2. The van der Waals surface area contributed by atoms with Crippen LogP contribution < -0.4 is 0 Å². The summed E-state index contributed by atoms with van der Waals surface area (Å²) in [4.78, 5) is 6.54. The third kappa shape index (κ3) is 0.685. The first kappa shape index (κ1) is 5.71. The van der Waals surface area contributed by atoms with E-state index in [4.69, 9.17) is 0 Å². The number of aliphatic imine (C=N–C) groups is 1. The van der Waals surface area contributed by atoms with Crippen molar-refractivity contribution in [2.45, 2.75) is 13.1 Å². The Kier molecular flexibility index (Phi) is 1.13. The highest BCUT2D eigenvalue weighted by Gasteiger charge is 2.20. The van der Waals surface area contributed by atoms with Gasteiger partial charge in [0.2, 0.25) is 0 Å². The summed E-state index contributed by atoms with van der Waals surface area (Å²) in [7, 11) is 0. The number of hydrogen-bond donors (Lipinski definition) is 0. The second-order valence-electron chi connectivity index (χ2n) is 2.65. The first-order chi connectivity index (χ1) is 4.88. The summed E-state index contributed by atoms with van der Waals surface area (Å²) in [6.07, 6.45) is 8.55. The molecule has 2 nitrogen and oxygen atoms in total. The summed E-state index contributed by atoms with van der Waals surface area (Å²) >= 11 is 0. The van der Waals surface area contributed by atoms with Crippen LogP contribution in [0, 0.1) is 0 Å². The lowest BCUT2D eigenvalue weighted by atomic mass is 10.2. The Balaban J connectivity index is 2.30. The second-order valence-corrected chi connectivity index (χ2v) is 2.65. The molecule has 2 heteroatoms. The van der Waals surface area contributed by atoms with Crippen molar-refractivity contribution in [3.05, 3.63) is 23.9 Å². The molecule has 2 rings (SSSR count). The molecule has 0 N–H and O–H groups in total. The van der Waals surface area contributed by atoms with Gasteiger partial charge in [-0.3, -0.25) is 4.99 Å². The van der Waals surface area contributed by atoms with Crippen LogP contribution in [0.5, 0.6) is 0 Å². The molecule has 0 aromatic carbocycles. The lowest BCUT2D eigenvalue weighted by molar-refractivity contribution is 0.378. The minimum atomic E-state index is 0.310. The fourth-order valence-electron chi connectivity index (χ4n) is 1.34. The number of fused-ring (bicyclic) bond motifs is 1. The lowest BCUT2D eigenvalue weighted by Gasteiger charge is -2.24. The molecule has 0 amide bonds. The molecule has 2 aliphatic rings. The molecule has 10 heavy (non-hydrogen) atoms. The molecule has 0 spiro atoms. The van der Waals surface area contributed by atoms with Crippen LogP contribution in [-0.4, -0.2) is 23.8 Å². The van der Waals surface area contributed by atoms with Crippen molar-refractivity contribution in [2.24, 2.45) is 4.99 Å². The molecule has 1 unspecified atom stereocenters. The Morgan fingerprint density at radius 2 is 2.60 bits per heavy atom. The minimum Gasteiger partial charge on any atom is -0.347 e. The standard InChI is InChI=1S/C8H10N2/c1-7-3-2-5-10-6-4-9-8(7)10/h2-5,8H,6H2,1H3. The summed E-state index contributed by atoms with van der Waals surface area (Å²) < 4.78 is 0. The van der Waals surface area contributed by atoms with Crippen molar-refractivity contribution in [3.8, 4) is 0 Å². The van der Waals surface area contributed by atoms with E-state index in [1.165, 1.54) is 5.57 Å². The summed E-state index contributed by atoms with van der Waals surface area (Å²) in [5, 5.41) is 0. The number of allylic oxidation sites excluding steroid dienone is 2. The molecule has 0 saturated heterocycles. The predicted octanol–water partition coefficient (Wildman–Crippen LogP) is 1.17. The van der Waals surface area contributed by atoms with E-state index in [1.807, 2.05) is 6.21 Å². The van der Waals surface area contributed by atoms with Gasteiger partial charge in [-0.25, -0.2) is 0 Å². The lowest BCUT2D eigenvalue weighted by Crippen LogP contribution is -2.27. The van der Waals surface area contributed by atoms with E-state index in [1.54, 1.807) is 0 Å². The van der Waals surface area contributed by atoms with Crippen LogP contribution in [0.15, 0.2) is 28.9 Å². The zero-order chi connectivity index (χ0) is 6.97. The number of rotatable bonds is 0. The highest BCUT2D eigenvalue weighted by Crippen LogP contribution is 2.19. The Labute approximate surface area is 60.6 Å². The Hall–Kier alpha value is -1.05. The van der Waals surface area contributed by atoms with Crippen LogP contribution in [0.1, 0.15) is 6.92 Å². The zero-order valence-electron chi connectivity index (χ0n) is 5.99. The topological polar surface area (TPSA) is 15.6 Å². The minimum absolute atomic E-state index is 0.310. The molecule has 0 saturated carbocycles. The van der Waals surface area contributed by atoms with Gasteiger partial charge in [-0.2, -0.15) is 0 Å². The predicted molar refractivity (Wildman–Crippen MR) is 41.9 cm³/mol. The van der Waals surface area contributed by atoms with E-state index in [0.29, 0.717) is 6.17 Å². The second kappa shape index (κ2) is 1.97. The summed E-state index contributed by atoms with van der Waals surface area (Å²) in [6.45, 7) is 3.08. The van der Waals surface area contributed by atoms with Crippen molar-refractivity contribution >= 4 is 6.21 Å². The smallest absolute Gasteiger partial charge is 0.142 e. The summed E-state index contributed by atoms with van der Waals surface area (Å²) in [5.74, 6) is 0. The molecule has 52 valence electrons. The largest absolute Gasteiger partial charge is 0.347 e. The van der Waals surface area contributed by atoms with Crippen LogP contribution in [0.25, 0.3) is 0 Å². The first-order valence-electron chi connectivity index (χ1n) is 3.50. The van der Waals surface area contributed by atoms with Crippen LogP contribution in [0.3, 0.4) is 0 Å². The maximum absolute atomic E-state index is 4.32. The van der Waals surface area contributed by atoms with Crippen LogP contribution in [0.2, 0.25) is 0 Å². The molecule has 2 heterocycles. The van der Waals surface area contributed by atoms with Gasteiger partial charge in [0.05, 0.1) is 6.54 Å². The van der Waals surface area contributed by atoms with E-state index in [-0.39, 0.29) is 0 Å². The van der Waals surface area contributed by atoms with Gasteiger partial charge in [-0.1, -0.05) is 6.08 Å². The first-order valence-corrected chi connectivity index (χ1v) is 3.50. The zero-order valence-corrected chi connectivity index (χ0v) is 5.99. The van der Waals surface area contributed by atoms with Crippen molar-refractivity contribution in [3.63, 3.8) is 0 Å². The van der Waals surface area contributed by atoms with Gasteiger partial charge < -0.3 is 4.90 Å². The molecule has 0 fully saturated rings. The normalized spacial score (nSPS) is 28.7. The number of hydrogen-bond acceptors (Lipinski definition) is 2. The van der Waals surface area contributed by atoms with Gasteiger partial charge in [0.1, 0.15) is 6.17 Å². The van der Waals surface area contributed by atoms with Crippen molar-refractivity contribution in [1.29, 1.82) is 0 Å². The fourth-order valence-corrected chi connectivity index (χ4v) is 1.34. The van der Waals surface area contributed by atoms with Crippen LogP contribution >= 0.6 is 0 Å². The fraction of sp³-hybridized carbons (Fsp3) is 0.375. The van der Waals surface area contributed by atoms with Gasteiger partial charge in [0, 0.05) is 12.4 Å². The van der Waals surface area contributed by atoms with Gasteiger partial charge in [-0.15, -0.1) is 0 Å². The molecule has 1 atom stereocenters. The third-order valence-electron chi connectivity index (χ3n) is 1.90. The van der Waals surface area contributed by atoms with Crippen molar-refractivity contribution in [1.82, 2.24) is 4.90 Å². The van der Waals surface area contributed by atoms with E-state index >= 15 is 0 Å². The molecular weight excluding hydrogens is 124 g/mol.